The summed E-state index contributed by atoms with van der Waals surface area (Å²) in [6.45, 7) is 10.9. The summed E-state index contributed by atoms with van der Waals surface area (Å²) in [4.78, 5) is 48.8. The van der Waals surface area contributed by atoms with Crippen LogP contribution in [0.4, 0.5) is 0 Å². The Hall–Kier alpha value is -9.80. The molecule has 0 aliphatic heterocycles. The van der Waals surface area contributed by atoms with Crippen LogP contribution in [0.5, 0.6) is 11.5 Å². The van der Waals surface area contributed by atoms with Gasteiger partial charge in [0, 0.05) is 42.8 Å². The number of carbonyl (C=O) groups is 2. The zero-order valence-electron chi connectivity index (χ0n) is 49.0. The Morgan fingerprint density at radius 1 is 0.382 bits per heavy atom. The molecule has 0 radical (unpaired) electrons. The van der Waals surface area contributed by atoms with Crippen LogP contribution in [0.25, 0.3) is 67.5 Å². The summed E-state index contributed by atoms with van der Waals surface area (Å²) in [5.74, 6) is 0.324. The molecule has 0 atom stereocenters. The quantitative estimate of drug-likeness (QED) is 0.0534. The summed E-state index contributed by atoms with van der Waals surface area (Å²) in [5, 5.41) is 0. The molecule has 0 spiro atoms. The van der Waals surface area contributed by atoms with Crippen molar-refractivity contribution in [1.29, 1.82) is 0 Å². The van der Waals surface area contributed by atoms with Crippen molar-refractivity contribution in [2.45, 2.75) is 41.5 Å². The maximum Gasteiger partial charge on any atom is 3.00 e. The van der Waals surface area contributed by atoms with E-state index in [0.717, 1.165) is 74.0 Å². The number of hydrogen-bond acceptors (Lipinski definition) is 10. The SMILES string of the molecule is C.C=C(C)C(=O)Oc1cc[c-]c(-c2ccccn2)c1.CCC(C)(C)C(=O)Oc1cc[c-]c(-c2ccccn2)c1.[Ir+3].[Ir+3].[c-]1ccccc1-c1ccccn1.[c-]1ccccc1-c1ccccn1.[c-]1ccccc1-c1ccccn1.[c-]1ccccc1-c1ccccn1. The Bertz CT molecular complexity index is 3420. The van der Waals surface area contributed by atoms with Gasteiger partial charge in [0.05, 0.1) is 16.9 Å². The fourth-order valence-electron chi connectivity index (χ4n) is 7.24. The van der Waals surface area contributed by atoms with Gasteiger partial charge < -0.3 is 39.4 Å². The molecule has 89 heavy (non-hydrogen) atoms. The number of carbonyl (C=O) groups excluding carboxylic acids is 2. The van der Waals surface area contributed by atoms with Crippen molar-refractivity contribution in [3.05, 3.63) is 328 Å². The van der Waals surface area contributed by atoms with Gasteiger partial charge in [0.1, 0.15) is 0 Å². The Labute approximate surface area is 551 Å². The van der Waals surface area contributed by atoms with Crippen molar-refractivity contribution in [2.24, 2.45) is 5.41 Å². The third kappa shape index (κ3) is 24.8. The van der Waals surface area contributed by atoms with Crippen LogP contribution in [-0.4, -0.2) is 41.8 Å². The van der Waals surface area contributed by atoms with Gasteiger partial charge in [-0.3, -0.25) is 4.79 Å². The number of benzene rings is 6. The summed E-state index contributed by atoms with van der Waals surface area (Å²) in [6.07, 6.45) is 11.3. The molecular formula is C77H66Ir2N6O4. The third-order valence-electron chi connectivity index (χ3n) is 12.2. The van der Waals surface area contributed by atoms with Gasteiger partial charge in [-0.1, -0.05) is 93.7 Å². The van der Waals surface area contributed by atoms with Gasteiger partial charge in [0.2, 0.25) is 0 Å². The molecule has 0 fully saturated rings. The Kier molecular flexibility index (Phi) is 32.1. The minimum Gasteiger partial charge on any atom is -0.446 e. The molecule has 12 rings (SSSR count). The predicted octanol–water partition coefficient (Wildman–Crippen LogP) is 17.7. The summed E-state index contributed by atoms with van der Waals surface area (Å²) in [5.41, 5.74) is 11.1. The molecule has 0 aliphatic rings. The van der Waals surface area contributed by atoms with Crippen LogP contribution in [0.3, 0.4) is 0 Å². The second-order valence-corrected chi connectivity index (χ2v) is 19.1. The van der Waals surface area contributed by atoms with E-state index in [9.17, 15) is 9.59 Å². The Morgan fingerprint density at radius 3 is 0.876 bits per heavy atom. The van der Waals surface area contributed by atoms with Gasteiger partial charge in [0.25, 0.3) is 0 Å². The van der Waals surface area contributed by atoms with Crippen LogP contribution in [0.15, 0.2) is 292 Å². The fraction of sp³-hybridized carbons (Fsp3) is 0.0909. The van der Waals surface area contributed by atoms with Gasteiger partial charge in [-0.15, -0.1) is 203 Å². The van der Waals surface area contributed by atoms with Crippen molar-refractivity contribution >= 4 is 11.9 Å². The zero-order chi connectivity index (χ0) is 60.4. The van der Waals surface area contributed by atoms with Crippen LogP contribution in [0.2, 0.25) is 0 Å². The molecular weight excluding hydrogens is 1460 g/mol. The van der Waals surface area contributed by atoms with E-state index in [-0.39, 0.29) is 53.6 Å². The second-order valence-electron chi connectivity index (χ2n) is 19.1. The van der Waals surface area contributed by atoms with Crippen molar-refractivity contribution in [1.82, 2.24) is 29.9 Å². The average molecular weight is 1520 g/mol. The number of pyridine rings is 6. The molecule has 0 bridgehead atoms. The number of hydrogen-bond donors (Lipinski definition) is 0. The molecule has 0 unspecified atom stereocenters. The fourth-order valence-corrected chi connectivity index (χ4v) is 7.24. The van der Waals surface area contributed by atoms with Gasteiger partial charge in [0.15, 0.2) is 0 Å². The molecule has 6 aromatic heterocycles. The van der Waals surface area contributed by atoms with Crippen LogP contribution in [0.1, 0.15) is 41.5 Å². The first kappa shape index (κ1) is 71.7. The number of nitrogens with zero attached hydrogens (tertiary/aromatic N) is 6. The van der Waals surface area contributed by atoms with E-state index in [1.54, 1.807) is 80.5 Å². The normalized spacial score (nSPS) is 9.71. The van der Waals surface area contributed by atoms with Crippen LogP contribution >= 0.6 is 0 Å². The Balaban J connectivity index is 0.000000229. The largest absolute Gasteiger partial charge is 3.00 e. The summed E-state index contributed by atoms with van der Waals surface area (Å²) in [6, 6.07) is 95.0. The molecule has 0 amide bonds. The molecule has 10 nitrogen and oxygen atoms in total. The van der Waals surface area contributed by atoms with E-state index in [2.05, 4.69) is 72.9 Å². The summed E-state index contributed by atoms with van der Waals surface area (Å²) < 4.78 is 10.6. The van der Waals surface area contributed by atoms with Crippen LogP contribution in [0, 0.1) is 41.8 Å². The molecule has 6 heterocycles. The molecule has 12 heteroatoms. The molecule has 0 saturated carbocycles. The molecule has 0 aliphatic carbocycles. The average Bonchev–Trinajstić information content (AvgIpc) is 3.79. The minimum absolute atomic E-state index is 0. The molecule has 0 N–H and O–H groups in total. The Morgan fingerprint density at radius 2 is 0.640 bits per heavy atom. The maximum atomic E-state index is 12.1. The summed E-state index contributed by atoms with van der Waals surface area (Å²) in [7, 11) is 0. The van der Waals surface area contributed by atoms with Crippen molar-refractivity contribution in [3.8, 4) is 79.0 Å². The predicted molar refractivity (Wildman–Crippen MR) is 348 cm³/mol. The molecule has 6 aromatic carbocycles. The first-order valence-electron chi connectivity index (χ1n) is 27.5. The van der Waals surface area contributed by atoms with E-state index < -0.39 is 11.4 Å². The van der Waals surface area contributed by atoms with Gasteiger partial charge >= 0.3 is 52.1 Å². The van der Waals surface area contributed by atoms with E-state index in [0.29, 0.717) is 17.1 Å². The van der Waals surface area contributed by atoms with E-state index in [4.69, 9.17) is 9.47 Å². The zero-order valence-corrected chi connectivity index (χ0v) is 53.7. The molecule has 446 valence electrons. The number of esters is 2. The monoisotopic (exact) mass is 1520 g/mol. The molecule has 0 saturated heterocycles. The standard InChI is InChI=1S/C17H18NO2.C15H12NO2.4C11H8N.CH4.2Ir/c1-4-17(2,3)16(19)20-14-9-7-8-13(12-14)15-10-5-6-11-18-15;1-11(2)15(17)18-13-7-5-6-12(10-13)14-8-3-4-9-16-14;4*1-2-6-10(7-3-1)11-8-4-5-9-12-11;;;/h5-7,9-12H,4H2,1-3H3;3-5,7-10H,1H2,2H3;4*1-6,8-9H;1H4;;/q6*-1;;2*+3. The second kappa shape index (κ2) is 39.8. The van der Waals surface area contributed by atoms with Gasteiger partial charge in [-0.25, -0.2) is 4.79 Å². The van der Waals surface area contributed by atoms with Crippen LogP contribution in [-0.2, 0) is 49.8 Å². The van der Waals surface area contributed by atoms with Crippen molar-refractivity contribution < 1.29 is 59.3 Å². The first-order valence-corrected chi connectivity index (χ1v) is 27.5. The minimum atomic E-state index is -0.481. The first-order chi connectivity index (χ1) is 42.1. The number of rotatable bonds is 11. The van der Waals surface area contributed by atoms with Gasteiger partial charge in [-0.05, 0) is 97.8 Å². The van der Waals surface area contributed by atoms with Crippen molar-refractivity contribution in [3.63, 3.8) is 0 Å². The molecule has 12 aromatic rings. The van der Waals surface area contributed by atoms with Crippen molar-refractivity contribution in [2.75, 3.05) is 0 Å². The number of aromatic nitrogens is 6. The van der Waals surface area contributed by atoms with E-state index >= 15 is 0 Å². The number of ether oxygens (including phenoxy) is 2. The summed E-state index contributed by atoms with van der Waals surface area (Å²) >= 11 is 0. The maximum absolute atomic E-state index is 12.1. The van der Waals surface area contributed by atoms with Crippen LogP contribution < -0.4 is 9.47 Å². The van der Waals surface area contributed by atoms with E-state index in [1.165, 1.54) is 0 Å². The van der Waals surface area contributed by atoms with E-state index in [1.807, 2.05) is 227 Å². The van der Waals surface area contributed by atoms with Gasteiger partial charge in [-0.2, -0.15) is 0 Å². The third-order valence-corrected chi connectivity index (χ3v) is 12.2. The smallest absolute Gasteiger partial charge is 0.446 e. The topological polar surface area (TPSA) is 130 Å².